The number of nitriles is 1. The summed E-state index contributed by atoms with van der Waals surface area (Å²) in [5.74, 6) is 1.12. The summed E-state index contributed by atoms with van der Waals surface area (Å²) >= 11 is 13.3. The van der Waals surface area contributed by atoms with E-state index in [0.717, 1.165) is 4.47 Å². The standard InChI is InChI=1S/C22H19Br2ClN4O3/c1-4-31-17-9-13(18(24)19(25)20(17)32-8-7-26)11-27-29-21(12(2)3)28-16-6-5-14(23)10-15(16)22(29)30/h5-6,9-12H,4,8H2,1-3H3. The third-order valence-corrected chi connectivity index (χ3v) is 6.34. The maximum absolute atomic E-state index is 13.2. The molecule has 0 fully saturated rings. The van der Waals surface area contributed by atoms with Crippen molar-refractivity contribution in [1.82, 2.24) is 9.66 Å². The molecular formula is C22H19Br2ClN4O3. The van der Waals surface area contributed by atoms with E-state index in [-0.39, 0.29) is 28.9 Å². The van der Waals surface area contributed by atoms with Crippen LogP contribution in [0.25, 0.3) is 10.9 Å². The Kier molecular flexibility index (Phi) is 7.93. The van der Waals surface area contributed by atoms with E-state index in [1.807, 2.05) is 32.9 Å². The molecule has 166 valence electrons. The quantitative estimate of drug-likeness (QED) is 0.325. The summed E-state index contributed by atoms with van der Waals surface area (Å²) in [5.41, 5.74) is 0.895. The van der Waals surface area contributed by atoms with Crippen LogP contribution in [0.1, 0.15) is 38.1 Å². The summed E-state index contributed by atoms with van der Waals surface area (Å²) in [6, 6.07) is 8.96. The smallest absolute Gasteiger partial charge is 0.282 e. The molecule has 2 aromatic carbocycles. The Balaban J connectivity index is 2.16. The van der Waals surface area contributed by atoms with Crippen molar-refractivity contribution in [2.45, 2.75) is 26.7 Å². The van der Waals surface area contributed by atoms with E-state index in [0.29, 0.717) is 39.1 Å². The maximum atomic E-state index is 13.2. The van der Waals surface area contributed by atoms with Crippen molar-refractivity contribution in [3.63, 3.8) is 0 Å². The zero-order valence-electron chi connectivity index (χ0n) is 17.5. The SMILES string of the molecule is CCOc1cc(C=Nn2c(C(C)C)nc3ccc(Br)cc3c2=O)c(Br)c(Cl)c1OCC#N. The van der Waals surface area contributed by atoms with Gasteiger partial charge in [-0.2, -0.15) is 15.0 Å². The fraction of sp³-hybridized carbons (Fsp3) is 0.273. The molecule has 0 saturated heterocycles. The molecule has 0 aliphatic rings. The van der Waals surface area contributed by atoms with Crippen LogP contribution in [0.3, 0.4) is 0 Å². The van der Waals surface area contributed by atoms with Crippen LogP contribution < -0.4 is 15.0 Å². The lowest BCUT2D eigenvalue weighted by Gasteiger charge is -2.15. The largest absolute Gasteiger partial charge is 0.490 e. The van der Waals surface area contributed by atoms with Gasteiger partial charge in [0.15, 0.2) is 18.1 Å². The van der Waals surface area contributed by atoms with Crippen molar-refractivity contribution in [2.24, 2.45) is 5.10 Å². The highest BCUT2D eigenvalue weighted by atomic mass is 79.9. The molecule has 0 unspecified atom stereocenters. The van der Waals surface area contributed by atoms with Crippen molar-refractivity contribution in [2.75, 3.05) is 13.2 Å². The van der Waals surface area contributed by atoms with Gasteiger partial charge in [0.1, 0.15) is 16.9 Å². The molecular weight excluding hydrogens is 564 g/mol. The molecule has 0 spiro atoms. The molecule has 0 aliphatic heterocycles. The van der Waals surface area contributed by atoms with Crippen molar-refractivity contribution in [3.05, 3.63) is 60.0 Å². The van der Waals surface area contributed by atoms with Crippen molar-refractivity contribution < 1.29 is 9.47 Å². The van der Waals surface area contributed by atoms with Gasteiger partial charge in [-0.3, -0.25) is 4.79 Å². The van der Waals surface area contributed by atoms with Gasteiger partial charge in [-0.05, 0) is 47.1 Å². The second-order valence-electron chi connectivity index (χ2n) is 6.95. The fourth-order valence-electron chi connectivity index (χ4n) is 2.97. The van der Waals surface area contributed by atoms with E-state index < -0.39 is 0 Å². The lowest BCUT2D eigenvalue weighted by molar-refractivity contribution is 0.298. The number of aromatic nitrogens is 2. The number of rotatable bonds is 7. The average molecular weight is 583 g/mol. The molecule has 0 amide bonds. The van der Waals surface area contributed by atoms with E-state index in [2.05, 4.69) is 41.9 Å². The molecule has 0 aliphatic carbocycles. The summed E-state index contributed by atoms with van der Waals surface area (Å²) < 4.78 is 13.6. The third-order valence-electron chi connectivity index (χ3n) is 4.40. The van der Waals surface area contributed by atoms with Gasteiger partial charge in [-0.15, -0.1) is 0 Å². The number of halogens is 3. The summed E-state index contributed by atoms with van der Waals surface area (Å²) in [7, 11) is 0. The van der Waals surface area contributed by atoms with E-state index in [1.54, 1.807) is 18.2 Å². The van der Waals surface area contributed by atoms with Gasteiger partial charge in [-0.1, -0.05) is 41.4 Å². The van der Waals surface area contributed by atoms with Gasteiger partial charge in [0.25, 0.3) is 5.56 Å². The maximum Gasteiger partial charge on any atom is 0.282 e. The van der Waals surface area contributed by atoms with Gasteiger partial charge in [0, 0.05) is 20.4 Å². The summed E-state index contributed by atoms with van der Waals surface area (Å²) in [4.78, 5) is 17.8. The minimum atomic E-state index is -0.280. The normalized spacial score (nSPS) is 11.3. The molecule has 1 aromatic heterocycles. The molecule has 0 bridgehead atoms. The summed E-state index contributed by atoms with van der Waals surface area (Å²) in [5, 5.41) is 14.0. The van der Waals surface area contributed by atoms with Crippen molar-refractivity contribution in [1.29, 1.82) is 5.26 Å². The molecule has 0 saturated carbocycles. The first-order valence-corrected chi connectivity index (χ1v) is 11.7. The molecule has 0 radical (unpaired) electrons. The fourth-order valence-corrected chi connectivity index (χ4v) is 3.99. The Bertz CT molecular complexity index is 1300. The van der Waals surface area contributed by atoms with Crippen LogP contribution in [0, 0.1) is 11.3 Å². The Morgan fingerprint density at radius 2 is 2.06 bits per heavy atom. The van der Waals surface area contributed by atoms with Crippen LogP contribution in [0.2, 0.25) is 5.02 Å². The minimum Gasteiger partial charge on any atom is -0.490 e. The molecule has 0 N–H and O–H groups in total. The number of nitrogens with zero attached hydrogens (tertiary/aromatic N) is 4. The van der Waals surface area contributed by atoms with Gasteiger partial charge in [0.05, 0.1) is 23.7 Å². The number of benzene rings is 2. The lowest BCUT2D eigenvalue weighted by atomic mass is 10.2. The van der Waals surface area contributed by atoms with Gasteiger partial charge >= 0.3 is 0 Å². The van der Waals surface area contributed by atoms with Crippen LogP contribution in [0.5, 0.6) is 11.5 Å². The van der Waals surface area contributed by atoms with E-state index in [1.165, 1.54) is 10.9 Å². The first-order chi connectivity index (χ1) is 15.3. The topological polar surface area (TPSA) is 89.5 Å². The number of ether oxygens (including phenoxy) is 2. The van der Waals surface area contributed by atoms with Crippen LogP contribution >= 0.6 is 43.5 Å². The van der Waals surface area contributed by atoms with Crippen LogP contribution in [0.4, 0.5) is 0 Å². The number of fused-ring (bicyclic) bond motifs is 1. The predicted molar refractivity (Wildman–Crippen MR) is 132 cm³/mol. The molecule has 3 aromatic rings. The van der Waals surface area contributed by atoms with E-state index in [4.69, 9.17) is 26.3 Å². The van der Waals surface area contributed by atoms with Crippen LogP contribution in [-0.4, -0.2) is 29.1 Å². The Hall–Kier alpha value is -2.41. The number of hydrogen-bond donors (Lipinski definition) is 0. The highest BCUT2D eigenvalue weighted by Crippen LogP contribution is 2.42. The van der Waals surface area contributed by atoms with Crippen molar-refractivity contribution in [3.8, 4) is 17.6 Å². The van der Waals surface area contributed by atoms with Crippen molar-refractivity contribution >= 4 is 60.6 Å². The molecule has 1 heterocycles. The first kappa shape index (κ1) is 24.2. The van der Waals surface area contributed by atoms with Gasteiger partial charge in [0.2, 0.25) is 0 Å². The second-order valence-corrected chi connectivity index (χ2v) is 9.04. The zero-order chi connectivity index (χ0) is 23.4. The minimum absolute atomic E-state index is 0.0410. The summed E-state index contributed by atoms with van der Waals surface area (Å²) in [6.07, 6.45) is 1.51. The second kappa shape index (κ2) is 10.5. The monoisotopic (exact) mass is 580 g/mol. The molecule has 32 heavy (non-hydrogen) atoms. The van der Waals surface area contributed by atoms with Crippen LogP contribution in [-0.2, 0) is 0 Å². The molecule has 0 atom stereocenters. The van der Waals surface area contributed by atoms with Gasteiger partial charge < -0.3 is 9.47 Å². The van der Waals surface area contributed by atoms with Crippen LogP contribution in [0.15, 0.2) is 43.1 Å². The number of hydrogen-bond acceptors (Lipinski definition) is 6. The summed E-state index contributed by atoms with van der Waals surface area (Å²) in [6.45, 7) is 5.91. The molecule has 10 heteroatoms. The molecule has 7 nitrogen and oxygen atoms in total. The predicted octanol–water partition coefficient (Wildman–Crippen LogP) is 5.88. The third kappa shape index (κ3) is 4.98. The van der Waals surface area contributed by atoms with E-state index >= 15 is 0 Å². The lowest BCUT2D eigenvalue weighted by Crippen LogP contribution is -2.23. The highest BCUT2D eigenvalue weighted by Gasteiger charge is 2.18. The Labute approximate surface area is 206 Å². The Morgan fingerprint density at radius 3 is 2.72 bits per heavy atom. The Morgan fingerprint density at radius 1 is 1.31 bits per heavy atom. The first-order valence-electron chi connectivity index (χ1n) is 9.69. The zero-order valence-corrected chi connectivity index (χ0v) is 21.5. The molecule has 3 rings (SSSR count). The van der Waals surface area contributed by atoms with Gasteiger partial charge in [-0.25, -0.2) is 4.98 Å². The average Bonchev–Trinajstić information content (AvgIpc) is 2.76. The highest BCUT2D eigenvalue weighted by molar-refractivity contribution is 9.10. The van der Waals surface area contributed by atoms with E-state index in [9.17, 15) is 4.79 Å².